The van der Waals surface area contributed by atoms with Gasteiger partial charge in [0.15, 0.2) is 5.96 Å². The molecule has 3 rings (SSSR count). The maximum atomic E-state index is 12.2. The van der Waals surface area contributed by atoms with E-state index in [4.69, 9.17) is 4.74 Å². The van der Waals surface area contributed by atoms with Crippen LogP contribution in [0.4, 0.5) is 5.69 Å². The number of rotatable bonds is 7. The number of benzene rings is 1. The van der Waals surface area contributed by atoms with Gasteiger partial charge in [-0.2, -0.15) is 0 Å². The van der Waals surface area contributed by atoms with Gasteiger partial charge in [-0.05, 0) is 42.7 Å². The van der Waals surface area contributed by atoms with Gasteiger partial charge in [-0.3, -0.25) is 14.8 Å². The van der Waals surface area contributed by atoms with Crippen LogP contribution < -0.4 is 16.0 Å². The Hall–Kier alpha value is -2.20. The van der Waals surface area contributed by atoms with Gasteiger partial charge in [-0.25, -0.2) is 0 Å². The molecule has 2 heterocycles. The fourth-order valence-corrected chi connectivity index (χ4v) is 3.03. The number of amides is 1. The highest BCUT2D eigenvalue weighted by atomic mass is 127. The number of aromatic nitrogens is 1. The minimum absolute atomic E-state index is 0. The number of halogens is 1. The second kappa shape index (κ2) is 12.4. The molecule has 0 spiro atoms. The summed E-state index contributed by atoms with van der Waals surface area (Å²) in [5.41, 5.74) is 2.87. The van der Waals surface area contributed by atoms with E-state index in [1.165, 1.54) is 0 Å². The van der Waals surface area contributed by atoms with Gasteiger partial charge in [0.2, 0.25) is 0 Å². The van der Waals surface area contributed by atoms with E-state index in [-0.39, 0.29) is 36.0 Å². The van der Waals surface area contributed by atoms with Crippen molar-refractivity contribution >= 4 is 41.5 Å². The number of anilines is 1. The van der Waals surface area contributed by atoms with Crippen LogP contribution in [0.15, 0.2) is 53.7 Å². The average Bonchev–Trinajstić information content (AvgIpc) is 3.27. The van der Waals surface area contributed by atoms with E-state index in [0.717, 1.165) is 48.7 Å². The zero-order valence-electron chi connectivity index (χ0n) is 16.6. The number of hydrogen-bond acceptors (Lipinski definition) is 4. The third kappa shape index (κ3) is 7.62. The van der Waals surface area contributed by atoms with Gasteiger partial charge in [0, 0.05) is 50.7 Å². The van der Waals surface area contributed by atoms with E-state index in [1.807, 2.05) is 42.5 Å². The van der Waals surface area contributed by atoms with E-state index in [9.17, 15) is 4.79 Å². The average molecular weight is 509 g/mol. The van der Waals surface area contributed by atoms with Crippen LogP contribution in [-0.2, 0) is 22.5 Å². The van der Waals surface area contributed by atoms with Crippen molar-refractivity contribution in [1.82, 2.24) is 15.6 Å². The predicted octanol–water partition coefficient (Wildman–Crippen LogP) is 2.72. The highest BCUT2D eigenvalue weighted by molar-refractivity contribution is 14.0. The minimum atomic E-state index is -0.330. The van der Waals surface area contributed by atoms with Crippen LogP contribution in [0.3, 0.4) is 0 Å². The lowest BCUT2D eigenvalue weighted by Gasteiger charge is -2.13. The number of pyridine rings is 1. The molecule has 1 fully saturated rings. The van der Waals surface area contributed by atoms with Crippen LogP contribution in [0, 0.1) is 0 Å². The first-order valence-electron chi connectivity index (χ1n) is 9.60. The number of guanidine groups is 1. The van der Waals surface area contributed by atoms with Crippen LogP contribution in [0.25, 0.3) is 0 Å². The van der Waals surface area contributed by atoms with Gasteiger partial charge < -0.3 is 20.7 Å². The summed E-state index contributed by atoms with van der Waals surface area (Å²) < 4.78 is 5.43. The molecule has 0 aliphatic carbocycles. The molecule has 1 aliphatic heterocycles. The Kier molecular flexibility index (Phi) is 9.85. The van der Waals surface area contributed by atoms with Crippen LogP contribution >= 0.6 is 24.0 Å². The van der Waals surface area contributed by atoms with Gasteiger partial charge in [0.05, 0.1) is 0 Å². The summed E-state index contributed by atoms with van der Waals surface area (Å²) >= 11 is 0. The lowest BCUT2D eigenvalue weighted by Crippen LogP contribution is -2.37. The van der Waals surface area contributed by atoms with Crippen molar-refractivity contribution in [2.24, 2.45) is 4.99 Å². The maximum absolute atomic E-state index is 12.2. The van der Waals surface area contributed by atoms with Crippen LogP contribution in [0.2, 0.25) is 0 Å². The predicted molar refractivity (Wildman–Crippen MR) is 126 cm³/mol. The molecule has 0 bridgehead atoms. The molecule has 1 saturated heterocycles. The Bertz CT molecular complexity index is 795. The van der Waals surface area contributed by atoms with Crippen LogP contribution in [-0.4, -0.2) is 43.2 Å². The third-order valence-electron chi connectivity index (χ3n) is 4.50. The topological polar surface area (TPSA) is 87.6 Å². The van der Waals surface area contributed by atoms with Crippen molar-refractivity contribution in [2.45, 2.75) is 31.9 Å². The van der Waals surface area contributed by atoms with E-state index in [0.29, 0.717) is 13.2 Å². The summed E-state index contributed by atoms with van der Waals surface area (Å²) in [6.45, 7) is 2.01. The van der Waals surface area contributed by atoms with Gasteiger partial charge in [-0.15, -0.1) is 24.0 Å². The lowest BCUT2D eigenvalue weighted by atomic mass is 10.2. The second-order valence-corrected chi connectivity index (χ2v) is 6.61. The van der Waals surface area contributed by atoms with Gasteiger partial charge in [0.1, 0.15) is 6.10 Å². The molecule has 1 amide bonds. The number of nitrogens with zero attached hydrogens (tertiary/aromatic N) is 2. The van der Waals surface area contributed by atoms with Crippen molar-refractivity contribution in [1.29, 1.82) is 0 Å². The first kappa shape index (κ1) is 23.1. The Labute approximate surface area is 188 Å². The molecule has 0 saturated carbocycles. The summed E-state index contributed by atoms with van der Waals surface area (Å²) in [7, 11) is 1.74. The van der Waals surface area contributed by atoms with Crippen molar-refractivity contribution < 1.29 is 9.53 Å². The largest absolute Gasteiger partial charge is 0.368 e. The smallest absolute Gasteiger partial charge is 0.253 e. The third-order valence-corrected chi connectivity index (χ3v) is 4.50. The first-order chi connectivity index (χ1) is 13.7. The zero-order valence-corrected chi connectivity index (χ0v) is 18.9. The Morgan fingerprint density at radius 1 is 1.24 bits per heavy atom. The fraction of sp³-hybridized carbons (Fsp3) is 0.381. The molecule has 0 radical (unpaired) electrons. The number of carbonyl (C=O) groups is 1. The summed E-state index contributed by atoms with van der Waals surface area (Å²) in [6.07, 6.45) is 4.02. The van der Waals surface area contributed by atoms with Crippen molar-refractivity contribution in [3.8, 4) is 0 Å². The molecule has 1 atom stereocenters. The standard InChI is InChI=1S/C21H27N5O2.HI/c1-22-21(24-12-10-17-7-2-3-11-23-17)25-15-16-6-4-8-18(14-16)26-20(27)19-9-5-13-28-19;/h2-4,6-8,11,14,19H,5,9-10,12-13,15H2,1H3,(H,26,27)(H2,22,24,25);1H. The Morgan fingerprint density at radius 2 is 2.14 bits per heavy atom. The molecule has 1 aliphatic rings. The molecule has 1 aromatic heterocycles. The van der Waals surface area contributed by atoms with E-state index in [2.05, 4.69) is 25.9 Å². The van der Waals surface area contributed by atoms with Crippen molar-refractivity contribution in [2.75, 3.05) is 25.5 Å². The Morgan fingerprint density at radius 3 is 2.86 bits per heavy atom. The summed E-state index contributed by atoms with van der Waals surface area (Å²) in [6, 6.07) is 13.7. The molecule has 1 aromatic carbocycles. The molecular formula is C21H28IN5O2. The molecule has 29 heavy (non-hydrogen) atoms. The number of carbonyl (C=O) groups excluding carboxylic acids is 1. The van der Waals surface area contributed by atoms with E-state index < -0.39 is 0 Å². The van der Waals surface area contributed by atoms with E-state index >= 15 is 0 Å². The summed E-state index contributed by atoms with van der Waals surface area (Å²) in [5.74, 6) is 0.652. The fourth-order valence-electron chi connectivity index (χ4n) is 3.03. The minimum Gasteiger partial charge on any atom is -0.368 e. The van der Waals surface area contributed by atoms with Crippen molar-refractivity contribution in [3.63, 3.8) is 0 Å². The highest BCUT2D eigenvalue weighted by Crippen LogP contribution is 2.16. The van der Waals surface area contributed by atoms with E-state index in [1.54, 1.807) is 13.2 Å². The normalized spacial score (nSPS) is 16.0. The van der Waals surface area contributed by atoms with Gasteiger partial charge in [0.25, 0.3) is 5.91 Å². The highest BCUT2D eigenvalue weighted by Gasteiger charge is 2.23. The molecule has 3 N–H and O–H groups in total. The molecule has 8 heteroatoms. The Balaban J connectivity index is 0.00000300. The lowest BCUT2D eigenvalue weighted by molar-refractivity contribution is -0.124. The monoisotopic (exact) mass is 509 g/mol. The summed E-state index contributed by atoms with van der Waals surface area (Å²) in [5, 5.41) is 9.51. The van der Waals surface area contributed by atoms with Gasteiger partial charge >= 0.3 is 0 Å². The zero-order chi connectivity index (χ0) is 19.6. The molecular weight excluding hydrogens is 481 g/mol. The van der Waals surface area contributed by atoms with Crippen molar-refractivity contribution in [3.05, 3.63) is 59.9 Å². The number of hydrogen-bond donors (Lipinski definition) is 3. The number of nitrogens with one attached hydrogen (secondary N) is 3. The van der Waals surface area contributed by atoms with Crippen LogP contribution in [0.5, 0.6) is 0 Å². The summed E-state index contributed by atoms with van der Waals surface area (Å²) in [4.78, 5) is 20.7. The van der Waals surface area contributed by atoms with Gasteiger partial charge in [-0.1, -0.05) is 18.2 Å². The molecule has 2 aromatic rings. The SMILES string of the molecule is CN=C(NCCc1ccccn1)NCc1cccc(NC(=O)C2CCCO2)c1.I. The molecule has 1 unspecified atom stereocenters. The maximum Gasteiger partial charge on any atom is 0.253 e. The quantitative estimate of drug-likeness (QED) is 0.304. The van der Waals surface area contributed by atoms with Crippen LogP contribution in [0.1, 0.15) is 24.1 Å². The number of ether oxygens (including phenoxy) is 1. The first-order valence-corrected chi connectivity index (χ1v) is 9.60. The molecule has 7 nitrogen and oxygen atoms in total. The second-order valence-electron chi connectivity index (χ2n) is 6.61. The molecule has 156 valence electrons. The number of aliphatic imine (C=N–C) groups is 1.